The van der Waals surface area contributed by atoms with Gasteiger partial charge in [0.2, 0.25) is 11.8 Å². The highest BCUT2D eigenvalue weighted by atomic mass is 16.2. The molecule has 1 atom stereocenters. The van der Waals surface area contributed by atoms with Crippen molar-refractivity contribution in [3.8, 4) is 0 Å². The third kappa shape index (κ3) is 17.8. The molecule has 2 N–H and O–H groups in total. The monoisotopic (exact) mass is 372 g/mol. The first-order chi connectivity index (χ1) is 12.4. The zero-order valence-electron chi connectivity index (χ0n) is 19.2. The predicted octanol–water partition coefficient (Wildman–Crippen LogP) is 5.84. The molecule has 4 nitrogen and oxygen atoms in total. The average Bonchev–Trinajstić information content (AvgIpc) is 3.18. The molecule has 1 saturated carbocycles. The van der Waals surface area contributed by atoms with Crippen LogP contribution < -0.4 is 10.6 Å². The SMILES string of the molecule is CC.CC.CC(C)C(=O)NC1CCCC1.CCCC(CC)NC(=O)CC. The number of carbonyl (C=O) groups excluding carboxylic acids is 2. The van der Waals surface area contributed by atoms with Crippen LogP contribution in [0.25, 0.3) is 0 Å². The largest absolute Gasteiger partial charge is 0.353 e. The maximum absolute atomic E-state index is 11.2. The molecular weight excluding hydrogens is 324 g/mol. The standard InChI is InChI=1S/C9H17NO.C9H19NO.2C2H6/c1-7(2)9(11)10-8-5-3-4-6-8;1-4-7-8(5-2)10-9(11)6-3;2*1-2/h7-8H,3-6H2,1-2H3,(H,10,11);8H,4-7H2,1-3H3,(H,10,11);2*1-2H3. The quantitative estimate of drug-likeness (QED) is 0.589. The summed E-state index contributed by atoms with van der Waals surface area (Å²) in [6, 6.07) is 0.873. The highest BCUT2D eigenvalue weighted by Crippen LogP contribution is 2.17. The molecule has 0 bridgehead atoms. The number of rotatable bonds is 7. The summed E-state index contributed by atoms with van der Waals surface area (Å²) in [4.78, 5) is 22.1. The third-order valence-electron chi connectivity index (χ3n) is 4.04. The minimum atomic E-state index is 0.135. The topological polar surface area (TPSA) is 58.2 Å². The van der Waals surface area contributed by atoms with Gasteiger partial charge < -0.3 is 10.6 Å². The van der Waals surface area contributed by atoms with Crippen molar-refractivity contribution in [3.05, 3.63) is 0 Å². The first kappa shape index (κ1) is 29.7. The molecule has 1 aliphatic rings. The van der Waals surface area contributed by atoms with Gasteiger partial charge in [-0.3, -0.25) is 9.59 Å². The van der Waals surface area contributed by atoms with Gasteiger partial charge >= 0.3 is 0 Å². The summed E-state index contributed by atoms with van der Waals surface area (Å²) in [6.45, 7) is 18.0. The van der Waals surface area contributed by atoms with E-state index in [1.165, 1.54) is 25.7 Å². The minimum absolute atomic E-state index is 0.135. The molecule has 1 rings (SSSR count). The Labute approximate surface area is 164 Å². The van der Waals surface area contributed by atoms with Crippen LogP contribution in [-0.2, 0) is 9.59 Å². The zero-order chi connectivity index (χ0) is 21.0. The van der Waals surface area contributed by atoms with Gasteiger partial charge in [0, 0.05) is 24.4 Å². The molecule has 0 heterocycles. The van der Waals surface area contributed by atoms with Gasteiger partial charge in [-0.25, -0.2) is 0 Å². The summed E-state index contributed by atoms with van der Waals surface area (Å²) in [5, 5.41) is 6.02. The lowest BCUT2D eigenvalue weighted by Crippen LogP contribution is -2.35. The Balaban J connectivity index is -0.000000341. The molecule has 0 aromatic heterocycles. The average molecular weight is 373 g/mol. The van der Waals surface area contributed by atoms with Crippen molar-refractivity contribution in [2.45, 2.75) is 126 Å². The van der Waals surface area contributed by atoms with Crippen LogP contribution in [0, 0.1) is 5.92 Å². The van der Waals surface area contributed by atoms with E-state index < -0.39 is 0 Å². The van der Waals surface area contributed by atoms with Crippen LogP contribution in [0.5, 0.6) is 0 Å². The number of hydrogen-bond donors (Lipinski definition) is 2. The highest BCUT2D eigenvalue weighted by molar-refractivity contribution is 5.78. The van der Waals surface area contributed by atoms with Gasteiger partial charge in [0.15, 0.2) is 0 Å². The molecule has 26 heavy (non-hydrogen) atoms. The van der Waals surface area contributed by atoms with E-state index in [9.17, 15) is 9.59 Å². The van der Waals surface area contributed by atoms with E-state index in [0.29, 0.717) is 18.5 Å². The van der Waals surface area contributed by atoms with Crippen LogP contribution in [0.1, 0.15) is 114 Å². The van der Waals surface area contributed by atoms with Gasteiger partial charge in [-0.1, -0.05) is 81.6 Å². The minimum Gasteiger partial charge on any atom is -0.353 e. The molecule has 1 aliphatic carbocycles. The number of hydrogen-bond acceptors (Lipinski definition) is 2. The normalized spacial score (nSPS) is 13.9. The first-order valence-electron chi connectivity index (χ1n) is 11.0. The van der Waals surface area contributed by atoms with E-state index in [0.717, 1.165) is 19.3 Å². The van der Waals surface area contributed by atoms with E-state index in [4.69, 9.17) is 0 Å². The molecule has 158 valence electrons. The van der Waals surface area contributed by atoms with Crippen LogP contribution in [0.4, 0.5) is 0 Å². The zero-order valence-corrected chi connectivity index (χ0v) is 19.2. The Bertz CT molecular complexity index is 311. The lowest BCUT2D eigenvalue weighted by Gasteiger charge is -2.14. The summed E-state index contributed by atoms with van der Waals surface area (Å²) in [5.74, 6) is 0.512. The Morgan fingerprint density at radius 3 is 1.81 bits per heavy atom. The van der Waals surface area contributed by atoms with Crippen LogP contribution in [0.15, 0.2) is 0 Å². The fourth-order valence-electron chi connectivity index (χ4n) is 2.49. The van der Waals surface area contributed by atoms with Crippen molar-refractivity contribution in [3.63, 3.8) is 0 Å². The molecule has 1 fully saturated rings. The Morgan fingerprint density at radius 2 is 1.46 bits per heavy atom. The summed E-state index contributed by atoms with van der Waals surface area (Å²) in [7, 11) is 0. The molecule has 0 aliphatic heterocycles. The summed E-state index contributed by atoms with van der Waals surface area (Å²) in [6.07, 6.45) is 8.80. The Morgan fingerprint density at radius 1 is 0.962 bits per heavy atom. The van der Waals surface area contributed by atoms with Crippen molar-refractivity contribution in [1.29, 1.82) is 0 Å². The van der Waals surface area contributed by atoms with Crippen molar-refractivity contribution in [2.24, 2.45) is 5.92 Å². The molecule has 0 aromatic rings. The highest BCUT2D eigenvalue weighted by Gasteiger charge is 2.18. The van der Waals surface area contributed by atoms with Gasteiger partial charge in [-0.15, -0.1) is 0 Å². The van der Waals surface area contributed by atoms with Crippen molar-refractivity contribution < 1.29 is 9.59 Å². The molecule has 0 spiro atoms. The van der Waals surface area contributed by atoms with Crippen LogP contribution in [0.3, 0.4) is 0 Å². The fraction of sp³-hybridized carbons (Fsp3) is 0.909. The first-order valence-corrected chi connectivity index (χ1v) is 11.0. The van der Waals surface area contributed by atoms with E-state index in [-0.39, 0.29) is 17.7 Å². The maximum atomic E-state index is 11.2. The van der Waals surface area contributed by atoms with Crippen LogP contribution in [0.2, 0.25) is 0 Å². The smallest absolute Gasteiger partial charge is 0.222 e. The van der Waals surface area contributed by atoms with Crippen LogP contribution in [-0.4, -0.2) is 23.9 Å². The molecule has 0 saturated heterocycles. The Kier molecular flexibility index (Phi) is 25.1. The molecule has 2 amide bonds. The van der Waals surface area contributed by atoms with Gasteiger partial charge in [-0.05, 0) is 25.7 Å². The number of carbonyl (C=O) groups is 2. The van der Waals surface area contributed by atoms with Gasteiger partial charge in [-0.2, -0.15) is 0 Å². The van der Waals surface area contributed by atoms with E-state index in [1.54, 1.807) is 0 Å². The summed E-state index contributed by atoms with van der Waals surface area (Å²) >= 11 is 0. The summed E-state index contributed by atoms with van der Waals surface area (Å²) in [5.41, 5.74) is 0. The Hall–Kier alpha value is -1.06. The fourth-order valence-corrected chi connectivity index (χ4v) is 2.49. The maximum Gasteiger partial charge on any atom is 0.222 e. The van der Waals surface area contributed by atoms with E-state index in [2.05, 4.69) is 24.5 Å². The second kappa shape index (κ2) is 22.0. The van der Waals surface area contributed by atoms with Gasteiger partial charge in [0.25, 0.3) is 0 Å². The van der Waals surface area contributed by atoms with Crippen LogP contribution >= 0.6 is 0 Å². The second-order valence-electron chi connectivity index (χ2n) is 6.46. The molecule has 4 heteroatoms. The molecule has 1 unspecified atom stereocenters. The molecule has 0 radical (unpaired) electrons. The lowest BCUT2D eigenvalue weighted by atomic mass is 10.1. The summed E-state index contributed by atoms with van der Waals surface area (Å²) < 4.78 is 0. The number of amides is 2. The molecule has 0 aromatic carbocycles. The van der Waals surface area contributed by atoms with E-state index >= 15 is 0 Å². The number of nitrogens with one attached hydrogen (secondary N) is 2. The predicted molar refractivity (Wildman–Crippen MR) is 115 cm³/mol. The second-order valence-corrected chi connectivity index (χ2v) is 6.46. The van der Waals surface area contributed by atoms with E-state index in [1.807, 2.05) is 48.5 Å². The van der Waals surface area contributed by atoms with Crippen molar-refractivity contribution >= 4 is 11.8 Å². The third-order valence-corrected chi connectivity index (χ3v) is 4.04. The molecular formula is C22H48N2O2. The van der Waals surface area contributed by atoms with Gasteiger partial charge in [0.1, 0.15) is 0 Å². The van der Waals surface area contributed by atoms with Crippen molar-refractivity contribution in [1.82, 2.24) is 10.6 Å². The van der Waals surface area contributed by atoms with Crippen molar-refractivity contribution in [2.75, 3.05) is 0 Å². The van der Waals surface area contributed by atoms with Gasteiger partial charge in [0.05, 0.1) is 0 Å². The lowest BCUT2D eigenvalue weighted by molar-refractivity contribution is -0.124.